The van der Waals surface area contributed by atoms with Crippen molar-refractivity contribution in [2.75, 3.05) is 0 Å². The lowest BCUT2D eigenvalue weighted by Gasteiger charge is -2.07. The third-order valence-electron chi connectivity index (χ3n) is 6.90. The van der Waals surface area contributed by atoms with Gasteiger partial charge in [-0.25, -0.2) is 0 Å². The van der Waals surface area contributed by atoms with Crippen molar-refractivity contribution in [3.05, 3.63) is 169 Å². The molecule has 0 aliphatic heterocycles. The Labute approximate surface area is 226 Å². The minimum atomic E-state index is 1.26. The van der Waals surface area contributed by atoms with Crippen molar-refractivity contribution in [3.8, 4) is 44.5 Å². The van der Waals surface area contributed by atoms with E-state index in [-0.39, 0.29) is 0 Å². The Morgan fingerprint density at radius 2 is 0.500 bits per heavy atom. The first-order chi connectivity index (χ1) is 18.7. The van der Waals surface area contributed by atoms with Crippen LogP contribution in [0.5, 0.6) is 0 Å². The standard InChI is InChI=1S/2C19H16/c2*1-15-7-5-6-10-19(15)18-13-11-17(12-14-18)16-8-3-2-4-9-16/h2*2-14H,1H3. The number of rotatable bonds is 4. The maximum Gasteiger partial charge on any atom is -0.0155 e. The van der Waals surface area contributed by atoms with Gasteiger partial charge in [0.2, 0.25) is 0 Å². The van der Waals surface area contributed by atoms with E-state index in [2.05, 4.69) is 159 Å². The van der Waals surface area contributed by atoms with Crippen LogP contribution in [0.15, 0.2) is 158 Å². The second kappa shape index (κ2) is 12.0. The lowest BCUT2D eigenvalue weighted by Crippen LogP contribution is -1.83. The highest BCUT2D eigenvalue weighted by Crippen LogP contribution is 2.28. The molecule has 0 unspecified atom stereocenters. The van der Waals surface area contributed by atoms with E-state index in [4.69, 9.17) is 0 Å². The predicted octanol–water partition coefficient (Wildman–Crippen LogP) is 10.7. The van der Waals surface area contributed by atoms with Crippen LogP contribution in [-0.4, -0.2) is 0 Å². The van der Waals surface area contributed by atoms with Crippen molar-refractivity contribution in [2.45, 2.75) is 13.8 Å². The van der Waals surface area contributed by atoms with Crippen LogP contribution >= 0.6 is 0 Å². The van der Waals surface area contributed by atoms with Gasteiger partial charge in [-0.3, -0.25) is 0 Å². The Morgan fingerprint density at radius 1 is 0.237 bits per heavy atom. The van der Waals surface area contributed by atoms with Crippen LogP contribution in [0.2, 0.25) is 0 Å². The molecule has 184 valence electrons. The van der Waals surface area contributed by atoms with Crippen molar-refractivity contribution >= 4 is 0 Å². The molecule has 0 amide bonds. The molecular formula is C38H32. The maximum absolute atomic E-state index is 2.20. The zero-order valence-electron chi connectivity index (χ0n) is 22.0. The zero-order chi connectivity index (χ0) is 26.2. The molecule has 0 bridgehead atoms. The Morgan fingerprint density at radius 3 is 0.842 bits per heavy atom. The summed E-state index contributed by atoms with van der Waals surface area (Å²) in [6, 6.07) is 55.5. The van der Waals surface area contributed by atoms with Gasteiger partial charge in [-0.2, -0.15) is 0 Å². The van der Waals surface area contributed by atoms with Gasteiger partial charge in [-0.1, -0.05) is 158 Å². The highest BCUT2D eigenvalue weighted by atomic mass is 14.1. The summed E-state index contributed by atoms with van der Waals surface area (Å²) in [6.45, 7) is 4.31. The fourth-order valence-electron chi connectivity index (χ4n) is 4.74. The molecule has 0 heteroatoms. The van der Waals surface area contributed by atoms with Crippen LogP contribution in [-0.2, 0) is 0 Å². The van der Waals surface area contributed by atoms with E-state index < -0.39 is 0 Å². The molecule has 0 N–H and O–H groups in total. The first kappa shape index (κ1) is 25.0. The molecule has 0 aliphatic rings. The first-order valence-electron chi connectivity index (χ1n) is 13.1. The molecule has 6 aromatic rings. The molecule has 0 heterocycles. The molecule has 38 heavy (non-hydrogen) atoms. The van der Waals surface area contributed by atoms with E-state index in [1.165, 1.54) is 55.6 Å². The third-order valence-corrected chi connectivity index (χ3v) is 6.90. The molecule has 0 radical (unpaired) electrons. The molecule has 0 saturated heterocycles. The van der Waals surface area contributed by atoms with Crippen LogP contribution in [0, 0.1) is 13.8 Å². The summed E-state index contributed by atoms with van der Waals surface area (Å²) in [7, 11) is 0. The topological polar surface area (TPSA) is 0 Å². The van der Waals surface area contributed by atoms with Crippen molar-refractivity contribution in [2.24, 2.45) is 0 Å². The predicted molar refractivity (Wildman–Crippen MR) is 164 cm³/mol. The molecule has 0 saturated carbocycles. The average molecular weight is 489 g/mol. The molecule has 0 atom stereocenters. The number of benzene rings is 6. The van der Waals surface area contributed by atoms with Crippen molar-refractivity contribution < 1.29 is 0 Å². The van der Waals surface area contributed by atoms with Gasteiger partial charge in [-0.15, -0.1) is 0 Å². The second-order valence-electron chi connectivity index (χ2n) is 9.52. The van der Waals surface area contributed by atoms with Gasteiger partial charge < -0.3 is 0 Å². The monoisotopic (exact) mass is 488 g/mol. The highest BCUT2D eigenvalue weighted by Gasteiger charge is 2.03. The molecule has 0 spiro atoms. The van der Waals surface area contributed by atoms with Crippen molar-refractivity contribution in [1.82, 2.24) is 0 Å². The second-order valence-corrected chi connectivity index (χ2v) is 9.52. The molecule has 6 rings (SSSR count). The molecule has 0 aliphatic carbocycles. The van der Waals surface area contributed by atoms with Crippen molar-refractivity contribution in [1.29, 1.82) is 0 Å². The fourth-order valence-corrected chi connectivity index (χ4v) is 4.74. The van der Waals surface area contributed by atoms with Gasteiger partial charge in [-0.05, 0) is 69.5 Å². The van der Waals surface area contributed by atoms with Gasteiger partial charge >= 0.3 is 0 Å². The quantitative estimate of drug-likeness (QED) is 0.231. The number of hydrogen-bond acceptors (Lipinski definition) is 0. The SMILES string of the molecule is Cc1ccccc1-c1ccc(-c2ccccc2)cc1.Cc1ccccc1-c1ccc(-c2ccccc2)cc1. The molecule has 6 aromatic carbocycles. The summed E-state index contributed by atoms with van der Waals surface area (Å²) < 4.78 is 0. The summed E-state index contributed by atoms with van der Waals surface area (Å²) in [5.41, 5.74) is 12.8. The fraction of sp³-hybridized carbons (Fsp3) is 0.0526. The summed E-state index contributed by atoms with van der Waals surface area (Å²) in [6.07, 6.45) is 0. The Bertz CT molecular complexity index is 1450. The van der Waals surface area contributed by atoms with E-state index >= 15 is 0 Å². The first-order valence-corrected chi connectivity index (χ1v) is 13.1. The van der Waals surface area contributed by atoms with Gasteiger partial charge in [0.05, 0.1) is 0 Å². The van der Waals surface area contributed by atoms with Crippen LogP contribution in [0.25, 0.3) is 44.5 Å². The van der Waals surface area contributed by atoms with Gasteiger partial charge in [0.25, 0.3) is 0 Å². The van der Waals surface area contributed by atoms with E-state index in [1.807, 2.05) is 12.1 Å². The van der Waals surface area contributed by atoms with Crippen molar-refractivity contribution in [3.63, 3.8) is 0 Å². The lowest BCUT2D eigenvalue weighted by molar-refractivity contribution is 1.46. The van der Waals surface area contributed by atoms with Gasteiger partial charge in [0.1, 0.15) is 0 Å². The summed E-state index contributed by atoms with van der Waals surface area (Å²) in [5.74, 6) is 0. The molecular weight excluding hydrogens is 456 g/mol. The third kappa shape index (κ3) is 5.99. The van der Waals surface area contributed by atoms with Gasteiger partial charge in [0.15, 0.2) is 0 Å². The lowest BCUT2D eigenvalue weighted by atomic mass is 9.98. The number of aryl methyl sites for hydroxylation is 2. The smallest absolute Gasteiger partial charge is 0.0155 e. The maximum atomic E-state index is 2.20. The van der Waals surface area contributed by atoms with Crippen LogP contribution < -0.4 is 0 Å². The Hall–Kier alpha value is -4.68. The Kier molecular flexibility index (Phi) is 7.92. The molecule has 0 fully saturated rings. The van der Waals surface area contributed by atoms with Crippen LogP contribution in [0.4, 0.5) is 0 Å². The zero-order valence-corrected chi connectivity index (χ0v) is 22.0. The number of hydrogen-bond donors (Lipinski definition) is 0. The largest absolute Gasteiger partial charge is 0.0622 e. The summed E-state index contributed by atoms with van der Waals surface area (Å²) >= 11 is 0. The highest BCUT2D eigenvalue weighted by molar-refractivity contribution is 5.73. The minimum absolute atomic E-state index is 1.26. The summed E-state index contributed by atoms with van der Waals surface area (Å²) in [4.78, 5) is 0. The van der Waals surface area contributed by atoms with Gasteiger partial charge in [0, 0.05) is 0 Å². The minimum Gasteiger partial charge on any atom is -0.0622 e. The van der Waals surface area contributed by atoms with E-state index in [9.17, 15) is 0 Å². The van der Waals surface area contributed by atoms with Crippen LogP contribution in [0.3, 0.4) is 0 Å². The Balaban J connectivity index is 0.000000155. The average Bonchev–Trinajstić information content (AvgIpc) is 2.99. The molecule has 0 aromatic heterocycles. The normalized spacial score (nSPS) is 10.4. The van der Waals surface area contributed by atoms with Crippen LogP contribution in [0.1, 0.15) is 11.1 Å². The van der Waals surface area contributed by atoms with E-state index in [0.29, 0.717) is 0 Å². The summed E-state index contributed by atoms with van der Waals surface area (Å²) in [5, 5.41) is 0. The van der Waals surface area contributed by atoms with E-state index in [0.717, 1.165) is 0 Å². The van der Waals surface area contributed by atoms with E-state index in [1.54, 1.807) is 0 Å². The molecule has 0 nitrogen and oxygen atoms in total.